The average molecular weight is 415 g/mol. The van der Waals surface area contributed by atoms with Gasteiger partial charge in [-0.05, 0) is 66.8 Å². The summed E-state index contributed by atoms with van der Waals surface area (Å²) in [5, 5.41) is 22.3. The van der Waals surface area contributed by atoms with E-state index in [4.69, 9.17) is 27.9 Å². The van der Waals surface area contributed by atoms with Gasteiger partial charge in [-0.25, -0.2) is 0 Å². The van der Waals surface area contributed by atoms with Gasteiger partial charge in [0.2, 0.25) is 0 Å². The lowest BCUT2D eigenvalue weighted by Crippen LogP contribution is -2.27. The predicted octanol–water partition coefficient (Wildman–Crippen LogP) is 4.90. The zero-order chi connectivity index (χ0) is 18.5. The largest absolute Gasteiger partial charge is 0.493 e. The summed E-state index contributed by atoms with van der Waals surface area (Å²) in [7, 11) is 0. The molecule has 0 radical (unpaired) electrons. The maximum absolute atomic E-state index is 10.4. The quantitative estimate of drug-likeness (QED) is 0.603. The predicted molar refractivity (Wildman–Crippen MR) is 107 cm³/mol. The first-order chi connectivity index (χ1) is 12.6. The molecule has 1 aromatic carbocycles. The summed E-state index contributed by atoms with van der Waals surface area (Å²) >= 11 is 14.4. The third-order valence-corrected chi connectivity index (χ3v) is 6.73. The molecule has 1 heterocycles. The third kappa shape index (κ3) is 5.14. The first-order valence-corrected chi connectivity index (χ1v) is 10.6. The van der Waals surface area contributed by atoms with Crippen LogP contribution in [0.1, 0.15) is 29.7 Å². The van der Waals surface area contributed by atoms with Crippen molar-refractivity contribution in [3.63, 3.8) is 0 Å². The number of halogens is 2. The van der Waals surface area contributed by atoms with Gasteiger partial charge in [-0.1, -0.05) is 17.7 Å². The molecule has 0 amide bonds. The molecule has 26 heavy (non-hydrogen) atoms. The normalized spacial score (nSPS) is 25.5. The van der Waals surface area contributed by atoms with E-state index in [2.05, 4.69) is 17.5 Å². The first kappa shape index (κ1) is 20.0. The second-order valence-electron chi connectivity index (χ2n) is 6.88. The molecule has 142 valence electrons. The minimum absolute atomic E-state index is 0.0115. The maximum Gasteiger partial charge on any atom is 0.121 e. The molecule has 0 aliphatic heterocycles. The summed E-state index contributed by atoms with van der Waals surface area (Å²) in [6, 6.07) is 9.45. The van der Waals surface area contributed by atoms with Crippen LogP contribution in [0.5, 0.6) is 5.75 Å². The van der Waals surface area contributed by atoms with E-state index in [1.807, 2.05) is 0 Å². The van der Waals surface area contributed by atoms with E-state index in [9.17, 15) is 10.2 Å². The molecule has 0 unspecified atom stereocenters. The average Bonchev–Trinajstić information content (AvgIpc) is 3.21. The summed E-state index contributed by atoms with van der Waals surface area (Å²) in [4.78, 5) is 1.39. The molecule has 1 aliphatic rings. The fourth-order valence-electron chi connectivity index (χ4n) is 3.72. The molecule has 0 bridgehead atoms. The molecular formula is C20H24Cl2O3S. The van der Waals surface area contributed by atoms with E-state index >= 15 is 0 Å². The van der Waals surface area contributed by atoms with Crippen molar-refractivity contribution >= 4 is 34.5 Å². The second-order valence-corrected chi connectivity index (χ2v) is 8.91. The minimum Gasteiger partial charge on any atom is -0.493 e. The molecule has 0 saturated heterocycles. The standard InChI is InChI=1S/C20H24Cl2O3S/c21-14-7-13(11-23)8-15(9-14)25-12-18-17(19(22)10-20(18)24)5-1-3-16-4-2-6-26-16/h2,4,6-9,17-20,23-24H,1,3,5,10-12H2/t17-,18-,19+,20-/m1/s1. The number of thiophene rings is 1. The van der Waals surface area contributed by atoms with E-state index in [0.29, 0.717) is 29.4 Å². The van der Waals surface area contributed by atoms with Gasteiger partial charge in [0.15, 0.2) is 0 Å². The Morgan fingerprint density at radius 1 is 1.23 bits per heavy atom. The highest BCUT2D eigenvalue weighted by molar-refractivity contribution is 7.09. The highest BCUT2D eigenvalue weighted by atomic mass is 35.5. The molecule has 1 aliphatic carbocycles. The minimum atomic E-state index is -0.444. The van der Waals surface area contributed by atoms with Crippen LogP contribution in [0, 0.1) is 11.8 Å². The molecule has 3 nitrogen and oxygen atoms in total. The molecule has 0 spiro atoms. The van der Waals surface area contributed by atoms with Crippen LogP contribution in [0.15, 0.2) is 35.7 Å². The molecule has 1 saturated carbocycles. The number of aliphatic hydroxyl groups excluding tert-OH is 2. The molecule has 6 heteroatoms. The van der Waals surface area contributed by atoms with Crippen LogP contribution >= 0.6 is 34.5 Å². The lowest BCUT2D eigenvalue weighted by atomic mass is 9.90. The molecule has 1 aromatic heterocycles. The van der Waals surface area contributed by atoms with Crippen LogP contribution in [0.3, 0.4) is 0 Å². The Labute approximate surface area is 168 Å². The molecule has 3 rings (SSSR count). The Bertz CT molecular complexity index is 692. The van der Waals surface area contributed by atoms with Crippen molar-refractivity contribution in [1.29, 1.82) is 0 Å². The van der Waals surface area contributed by atoms with Gasteiger partial charge in [0, 0.05) is 21.2 Å². The monoisotopic (exact) mass is 414 g/mol. The van der Waals surface area contributed by atoms with E-state index in [1.54, 1.807) is 29.5 Å². The second kappa shape index (κ2) is 9.43. The van der Waals surface area contributed by atoms with E-state index < -0.39 is 6.10 Å². The lowest BCUT2D eigenvalue weighted by Gasteiger charge is -2.23. The van der Waals surface area contributed by atoms with Crippen molar-refractivity contribution in [3.05, 3.63) is 51.2 Å². The molecule has 4 atom stereocenters. The van der Waals surface area contributed by atoms with Crippen LogP contribution in [0.4, 0.5) is 0 Å². The highest BCUT2D eigenvalue weighted by Gasteiger charge is 2.41. The van der Waals surface area contributed by atoms with Crippen LogP contribution in [0.25, 0.3) is 0 Å². The molecular weight excluding hydrogens is 391 g/mol. The number of aliphatic hydroxyl groups is 2. The Kier molecular flexibility index (Phi) is 7.24. The number of aryl methyl sites for hydroxylation is 1. The molecule has 2 N–H and O–H groups in total. The summed E-state index contributed by atoms with van der Waals surface area (Å²) in [5.41, 5.74) is 0.710. The highest BCUT2D eigenvalue weighted by Crippen LogP contribution is 2.39. The van der Waals surface area contributed by atoms with Gasteiger partial charge in [-0.3, -0.25) is 0 Å². The van der Waals surface area contributed by atoms with Crippen molar-refractivity contribution in [2.45, 2.75) is 43.8 Å². The van der Waals surface area contributed by atoms with Gasteiger partial charge in [0.05, 0.1) is 19.3 Å². The number of hydrogen-bond acceptors (Lipinski definition) is 4. The van der Waals surface area contributed by atoms with Crippen LogP contribution in [-0.2, 0) is 13.0 Å². The topological polar surface area (TPSA) is 49.7 Å². The van der Waals surface area contributed by atoms with Gasteiger partial charge < -0.3 is 14.9 Å². The lowest BCUT2D eigenvalue weighted by molar-refractivity contribution is 0.0780. The maximum atomic E-state index is 10.4. The third-order valence-electron chi connectivity index (χ3n) is 5.07. The van der Waals surface area contributed by atoms with Crippen LogP contribution in [-0.4, -0.2) is 28.3 Å². The van der Waals surface area contributed by atoms with Gasteiger partial charge in [-0.2, -0.15) is 0 Å². The van der Waals surface area contributed by atoms with Gasteiger partial charge in [0.1, 0.15) is 5.75 Å². The van der Waals surface area contributed by atoms with E-state index in [1.165, 1.54) is 4.88 Å². The van der Waals surface area contributed by atoms with Gasteiger partial charge in [0.25, 0.3) is 0 Å². The fraction of sp³-hybridized carbons (Fsp3) is 0.500. The summed E-state index contributed by atoms with van der Waals surface area (Å²) in [5.74, 6) is 0.865. The Morgan fingerprint density at radius 3 is 2.81 bits per heavy atom. The number of alkyl halides is 1. The zero-order valence-electron chi connectivity index (χ0n) is 14.5. The van der Waals surface area contributed by atoms with Gasteiger partial charge >= 0.3 is 0 Å². The fourth-order valence-corrected chi connectivity index (χ4v) is 5.21. The number of ether oxygens (including phenoxy) is 1. The Balaban J connectivity index is 1.58. The van der Waals surface area contributed by atoms with E-state index in [0.717, 1.165) is 19.3 Å². The van der Waals surface area contributed by atoms with Gasteiger partial charge in [-0.15, -0.1) is 22.9 Å². The van der Waals surface area contributed by atoms with E-state index in [-0.39, 0.29) is 23.8 Å². The molecule has 2 aromatic rings. The van der Waals surface area contributed by atoms with Crippen molar-refractivity contribution in [2.75, 3.05) is 6.61 Å². The number of hydrogen-bond donors (Lipinski definition) is 2. The Morgan fingerprint density at radius 2 is 2.08 bits per heavy atom. The number of benzene rings is 1. The zero-order valence-corrected chi connectivity index (χ0v) is 16.8. The smallest absolute Gasteiger partial charge is 0.121 e. The van der Waals surface area contributed by atoms with Crippen LogP contribution < -0.4 is 4.74 Å². The summed E-state index contributed by atoms with van der Waals surface area (Å²) in [6.45, 7) is 0.317. The molecule has 1 fully saturated rings. The van der Waals surface area contributed by atoms with Crippen molar-refractivity contribution < 1.29 is 14.9 Å². The number of rotatable bonds is 8. The summed E-state index contributed by atoms with van der Waals surface area (Å²) < 4.78 is 5.90. The summed E-state index contributed by atoms with van der Waals surface area (Å²) in [6.07, 6.45) is 3.25. The Hall–Kier alpha value is -0.780. The van der Waals surface area contributed by atoms with Crippen molar-refractivity contribution in [2.24, 2.45) is 11.8 Å². The van der Waals surface area contributed by atoms with Crippen LogP contribution in [0.2, 0.25) is 5.02 Å². The SMILES string of the molecule is OCc1cc(Cl)cc(OC[C@@H]2[C@@H](CCCc3cccs3)[C@@H](Cl)C[C@H]2O)c1. The first-order valence-electron chi connectivity index (χ1n) is 8.94. The van der Waals surface area contributed by atoms with Crippen molar-refractivity contribution in [1.82, 2.24) is 0 Å². The van der Waals surface area contributed by atoms with Crippen molar-refractivity contribution in [3.8, 4) is 5.75 Å².